The number of halogens is 1. The molecule has 2 atom stereocenters. The molecule has 0 bridgehead atoms. The second kappa shape index (κ2) is 10.4. The maximum atomic E-state index is 13.6. The predicted octanol–water partition coefficient (Wildman–Crippen LogP) is 5.69. The van der Waals surface area contributed by atoms with Crippen molar-refractivity contribution in [3.63, 3.8) is 0 Å². The van der Waals surface area contributed by atoms with Gasteiger partial charge in [0.15, 0.2) is 0 Å². The number of sulfonamides is 1. The Morgan fingerprint density at radius 2 is 2.00 bits per heavy atom. The number of para-hydroxylation sites is 1. The third-order valence-electron chi connectivity index (χ3n) is 7.53. The van der Waals surface area contributed by atoms with Crippen molar-refractivity contribution in [3.8, 4) is 5.75 Å². The molecule has 3 heterocycles. The fourth-order valence-electron chi connectivity index (χ4n) is 5.31. The van der Waals surface area contributed by atoms with Crippen LogP contribution in [0.3, 0.4) is 0 Å². The van der Waals surface area contributed by atoms with Gasteiger partial charge < -0.3 is 9.84 Å². The topological polar surface area (TPSA) is 115 Å². The van der Waals surface area contributed by atoms with Gasteiger partial charge in [0.05, 0.1) is 21.8 Å². The fraction of sp³-hybridized carbons (Fsp3) is 0.393. The zero-order chi connectivity index (χ0) is 29.0. The molecule has 0 fully saturated rings. The standard InChI is InChI=1S/C28H31ClN4O5S2/c1-6-33-20-12-11-19(17(3)25(20)30-31-33)24(28(4,5)27(34)35)22-13-18(26(29)39-22)15-32-14-16(2)38-21-9-7-8-10-23(21)40(32,36)37/h7-13,16,24H,6,14-15H2,1-5H3,(H,34,35)/t16-,24+/m1/s1. The number of aliphatic carboxylic acids is 1. The number of hydrogen-bond acceptors (Lipinski definition) is 7. The van der Waals surface area contributed by atoms with Gasteiger partial charge >= 0.3 is 5.97 Å². The van der Waals surface area contributed by atoms with Gasteiger partial charge in [0.25, 0.3) is 0 Å². The summed E-state index contributed by atoms with van der Waals surface area (Å²) >= 11 is 8.02. The fourth-order valence-corrected chi connectivity index (χ4v) is 8.50. The van der Waals surface area contributed by atoms with Crippen molar-refractivity contribution in [1.82, 2.24) is 19.3 Å². The van der Waals surface area contributed by atoms with Crippen LogP contribution in [0.15, 0.2) is 47.4 Å². The molecular formula is C28H31ClN4O5S2. The lowest BCUT2D eigenvalue weighted by Gasteiger charge is -2.31. The number of aromatic nitrogens is 3. The first-order valence-electron chi connectivity index (χ1n) is 13.0. The van der Waals surface area contributed by atoms with E-state index in [-0.39, 0.29) is 24.1 Å². The normalized spacial score (nSPS) is 18.2. The quantitative estimate of drug-likeness (QED) is 0.289. The Hall–Kier alpha value is -2.99. The van der Waals surface area contributed by atoms with E-state index in [9.17, 15) is 18.3 Å². The van der Waals surface area contributed by atoms with Crippen molar-refractivity contribution in [3.05, 3.63) is 68.4 Å². The van der Waals surface area contributed by atoms with Crippen molar-refractivity contribution < 1.29 is 23.1 Å². The molecule has 12 heteroatoms. The van der Waals surface area contributed by atoms with E-state index in [0.717, 1.165) is 27.0 Å². The van der Waals surface area contributed by atoms with Crippen LogP contribution in [0.2, 0.25) is 4.34 Å². The molecule has 0 saturated heterocycles. The SMILES string of the molecule is CCn1nnc2c(C)c([C@@H](c3cc(CN4C[C@@H](C)Oc5ccccc5S4(=O)=O)c(Cl)s3)C(C)(C)C(=O)O)ccc21. The zero-order valence-electron chi connectivity index (χ0n) is 22.9. The molecule has 0 radical (unpaired) electrons. The highest BCUT2D eigenvalue weighted by molar-refractivity contribution is 7.89. The predicted molar refractivity (Wildman–Crippen MR) is 155 cm³/mol. The van der Waals surface area contributed by atoms with Gasteiger partial charge in [0.2, 0.25) is 10.0 Å². The molecule has 4 aromatic rings. The zero-order valence-corrected chi connectivity index (χ0v) is 25.3. The van der Waals surface area contributed by atoms with Crippen molar-refractivity contribution in [2.75, 3.05) is 6.54 Å². The molecule has 1 aliphatic rings. The molecule has 0 saturated carbocycles. The lowest BCUT2D eigenvalue weighted by molar-refractivity contribution is -0.147. The van der Waals surface area contributed by atoms with Crippen LogP contribution in [0.5, 0.6) is 5.75 Å². The van der Waals surface area contributed by atoms with Crippen LogP contribution in [0.1, 0.15) is 55.2 Å². The summed E-state index contributed by atoms with van der Waals surface area (Å²) in [7, 11) is -3.86. The first kappa shape index (κ1) is 28.5. The Morgan fingerprint density at radius 1 is 1.27 bits per heavy atom. The van der Waals surface area contributed by atoms with Gasteiger partial charge in [-0.1, -0.05) is 35.0 Å². The van der Waals surface area contributed by atoms with Gasteiger partial charge in [-0.2, -0.15) is 4.31 Å². The molecule has 1 aliphatic heterocycles. The number of benzene rings is 2. The van der Waals surface area contributed by atoms with Crippen LogP contribution in [-0.2, 0) is 27.9 Å². The number of carboxylic acids is 1. The number of nitrogens with zero attached hydrogens (tertiary/aromatic N) is 4. The monoisotopic (exact) mass is 602 g/mol. The summed E-state index contributed by atoms with van der Waals surface area (Å²) in [6, 6.07) is 12.3. The van der Waals surface area contributed by atoms with Crippen LogP contribution in [0.4, 0.5) is 0 Å². The summed E-state index contributed by atoms with van der Waals surface area (Å²) in [5.74, 6) is -1.21. The van der Waals surface area contributed by atoms with Gasteiger partial charge in [-0.3, -0.25) is 4.79 Å². The second-order valence-electron chi connectivity index (χ2n) is 10.6. The molecule has 0 aliphatic carbocycles. The van der Waals surface area contributed by atoms with Gasteiger partial charge in [-0.15, -0.1) is 16.4 Å². The molecular weight excluding hydrogens is 572 g/mol. The molecule has 0 spiro atoms. The highest BCUT2D eigenvalue weighted by Gasteiger charge is 2.42. The minimum atomic E-state index is -3.86. The minimum Gasteiger partial charge on any atom is -0.488 e. The van der Waals surface area contributed by atoms with E-state index in [1.54, 1.807) is 36.7 Å². The Balaban J connectivity index is 1.59. The van der Waals surface area contributed by atoms with E-state index in [4.69, 9.17) is 16.3 Å². The van der Waals surface area contributed by atoms with Crippen LogP contribution >= 0.6 is 22.9 Å². The van der Waals surface area contributed by atoms with Crippen LogP contribution < -0.4 is 4.74 Å². The van der Waals surface area contributed by atoms with E-state index in [0.29, 0.717) is 22.2 Å². The molecule has 2 aromatic carbocycles. The number of hydrogen-bond donors (Lipinski definition) is 1. The van der Waals surface area contributed by atoms with Crippen LogP contribution in [-0.4, -0.2) is 51.4 Å². The summed E-state index contributed by atoms with van der Waals surface area (Å²) in [5.41, 5.74) is 2.66. The Morgan fingerprint density at radius 3 is 2.70 bits per heavy atom. The second-order valence-corrected chi connectivity index (χ2v) is 14.2. The first-order chi connectivity index (χ1) is 18.9. The lowest BCUT2D eigenvalue weighted by atomic mass is 9.72. The van der Waals surface area contributed by atoms with Gasteiger partial charge in [-0.25, -0.2) is 13.1 Å². The van der Waals surface area contributed by atoms with E-state index >= 15 is 0 Å². The average Bonchev–Trinajstić information content (AvgIpc) is 3.46. The smallest absolute Gasteiger partial charge is 0.310 e. The van der Waals surface area contributed by atoms with E-state index in [1.807, 2.05) is 39.0 Å². The molecule has 212 valence electrons. The molecule has 0 amide bonds. The van der Waals surface area contributed by atoms with Gasteiger partial charge in [-0.05, 0) is 75.6 Å². The summed E-state index contributed by atoms with van der Waals surface area (Å²) < 4.78 is 36.7. The third-order valence-corrected chi connectivity index (χ3v) is 10.9. The number of ether oxygens (including phenoxy) is 1. The molecule has 5 rings (SSSR count). The lowest BCUT2D eigenvalue weighted by Crippen LogP contribution is -2.35. The average molecular weight is 603 g/mol. The van der Waals surface area contributed by atoms with Crippen molar-refractivity contribution in [2.45, 2.75) is 64.6 Å². The first-order valence-corrected chi connectivity index (χ1v) is 15.6. The summed E-state index contributed by atoms with van der Waals surface area (Å²) in [6.45, 7) is 9.95. The van der Waals surface area contributed by atoms with Crippen LogP contribution in [0, 0.1) is 12.3 Å². The number of carboxylic acid groups (broad SMARTS) is 1. The highest BCUT2D eigenvalue weighted by Crippen LogP contribution is 2.48. The van der Waals surface area contributed by atoms with Crippen molar-refractivity contribution in [1.29, 1.82) is 0 Å². The number of aryl methyl sites for hydroxylation is 2. The molecule has 0 unspecified atom stereocenters. The molecule has 9 nitrogen and oxygen atoms in total. The Bertz CT molecular complexity index is 1710. The highest BCUT2D eigenvalue weighted by atomic mass is 35.5. The summed E-state index contributed by atoms with van der Waals surface area (Å²) in [6.07, 6.45) is -0.375. The Kier molecular flexibility index (Phi) is 7.45. The van der Waals surface area contributed by atoms with Crippen LogP contribution in [0.25, 0.3) is 11.0 Å². The maximum absolute atomic E-state index is 13.6. The minimum absolute atomic E-state index is 0.0305. The Labute approximate surface area is 242 Å². The number of rotatable bonds is 7. The molecule has 1 N–H and O–H groups in total. The number of thiophene rings is 1. The largest absolute Gasteiger partial charge is 0.488 e. The van der Waals surface area contributed by atoms with Gasteiger partial charge in [0.1, 0.15) is 22.3 Å². The van der Waals surface area contributed by atoms with E-state index in [1.165, 1.54) is 21.7 Å². The maximum Gasteiger partial charge on any atom is 0.310 e. The van der Waals surface area contributed by atoms with Crippen molar-refractivity contribution >= 4 is 50.0 Å². The number of fused-ring (bicyclic) bond motifs is 2. The van der Waals surface area contributed by atoms with Gasteiger partial charge in [0, 0.05) is 23.9 Å². The molecule has 2 aromatic heterocycles. The number of carbonyl (C=O) groups is 1. The van der Waals surface area contributed by atoms with Crippen molar-refractivity contribution in [2.24, 2.45) is 5.41 Å². The molecule has 40 heavy (non-hydrogen) atoms. The summed E-state index contributed by atoms with van der Waals surface area (Å²) in [4.78, 5) is 13.4. The summed E-state index contributed by atoms with van der Waals surface area (Å²) in [5, 5.41) is 18.9. The van der Waals surface area contributed by atoms with E-state index < -0.39 is 27.3 Å². The third kappa shape index (κ3) is 4.78. The van der Waals surface area contributed by atoms with E-state index in [2.05, 4.69) is 10.3 Å².